The molecule has 0 aromatic carbocycles. The molecule has 0 atom stereocenters. The Morgan fingerprint density at radius 1 is 0.905 bits per heavy atom. The summed E-state index contributed by atoms with van der Waals surface area (Å²) in [5, 5.41) is 8.53. The van der Waals surface area contributed by atoms with Gasteiger partial charge in [-0.25, -0.2) is 9.97 Å². The lowest BCUT2D eigenvalue weighted by Crippen LogP contribution is -2.47. The standard InChI is InChI=1S/C14H19N7/c1-19(2)12-4-5-13(18-17-12)20-8-10-21(11-9-20)14-15-6-3-7-16-14/h3-7H,8-11H2,1-2H3. The number of hydrogen-bond acceptors (Lipinski definition) is 7. The summed E-state index contributed by atoms with van der Waals surface area (Å²) in [6.45, 7) is 3.57. The molecule has 0 unspecified atom stereocenters. The van der Waals surface area contributed by atoms with Crippen LogP contribution in [0.25, 0.3) is 0 Å². The molecule has 2 aromatic rings. The molecule has 1 saturated heterocycles. The van der Waals surface area contributed by atoms with E-state index in [2.05, 4.69) is 30.0 Å². The summed E-state index contributed by atoms with van der Waals surface area (Å²) in [6, 6.07) is 5.85. The molecule has 7 nitrogen and oxygen atoms in total. The van der Waals surface area contributed by atoms with Gasteiger partial charge in [0.15, 0.2) is 11.6 Å². The topological polar surface area (TPSA) is 61.3 Å². The van der Waals surface area contributed by atoms with Crippen molar-refractivity contribution in [1.82, 2.24) is 20.2 Å². The first-order chi connectivity index (χ1) is 10.2. The molecule has 7 heteroatoms. The normalized spacial score (nSPS) is 15.1. The van der Waals surface area contributed by atoms with E-state index in [4.69, 9.17) is 0 Å². The average Bonchev–Trinajstić information content (AvgIpc) is 2.56. The molecule has 3 heterocycles. The third kappa shape index (κ3) is 3.01. The zero-order valence-corrected chi connectivity index (χ0v) is 12.3. The van der Waals surface area contributed by atoms with Crippen LogP contribution >= 0.6 is 0 Å². The Kier molecular flexibility index (Phi) is 3.81. The second-order valence-corrected chi connectivity index (χ2v) is 5.17. The van der Waals surface area contributed by atoms with Crippen LogP contribution in [0, 0.1) is 0 Å². The fraction of sp³-hybridized carbons (Fsp3) is 0.429. The molecule has 0 saturated carbocycles. The van der Waals surface area contributed by atoms with Crippen LogP contribution in [0.15, 0.2) is 30.6 Å². The second-order valence-electron chi connectivity index (χ2n) is 5.17. The molecule has 21 heavy (non-hydrogen) atoms. The highest BCUT2D eigenvalue weighted by Gasteiger charge is 2.19. The highest BCUT2D eigenvalue weighted by molar-refractivity contribution is 5.46. The van der Waals surface area contributed by atoms with Crippen LogP contribution in [-0.4, -0.2) is 60.4 Å². The highest BCUT2D eigenvalue weighted by Crippen LogP contribution is 2.16. The molecule has 0 radical (unpaired) electrons. The number of anilines is 3. The average molecular weight is 285 g/mol. The first kappa shape index (κ1) is 13.5. The summed E-state index contributed by atoms with van der Waals surface area (Å²) in [7, 11) is 3.92. The summed E-state index contributed by atoms with van der Waals surface area (Å²) in [4.78, 5) is 15.0. The van der Waals surface area contributed by atoms with Crippen LogP contribution < -0.4 is 14.7 Å². The summed E-state index contributed by atoms with van der Waals surface area (Å²) >= 11 is 0. The van der Waals surface area contributed by atoms with Crippen LogP contribution in [0.5, 0.6) is 0 Å². The molecular formula is C14H19N7. The van der Waals surface area contributed by atoms with Gasteiger partial charge in [-0.1, -0.05) is 0 Å². The molecule has 2 aromatic heterocycles. The second kappa shape index (κ2) is 5.90. The van der Waals surface area contributed by atoms with Gasteiger partial charge in [0.1, 0.15) is 0 Å². The van der Waals surface area contributed by atoms with Gasteiger partial charge in [-0.3, -0.25) is 0 Å². The van der Waals surface area contributed by atoms with E-state index < -0.39 is 0 Å². The van der Waals surface area contributed by atoms with Crippen molar-refractivity contribution in [2.45, 2.75) is 0 Å². The Morgan fingerprint density at radius 2 is 1.57 bits per heavy atom. The summed E-state index contributed by atoms with van der Waals surface area (Å²) < 4.78 is 0. The predicted octanol–water partition coefficient (Wildman–Crippen LogP) is 0.659. The maximum absolute atomic E-state index is 4.31. The first-order valence-electron chi connectivity index (χ1n) is 7.02. The molecule has 0 aliphatic carbocycles. The minimum atomic E-state index is 0.797. The molecule has 0 spiro atoms. The molecule has 3 rings (SSSR count). The van der Waals surface area contributed by atoms with Crippen LogP contribution in [-0.2, 0) is 0 Å². The van der Waals surface area contributed by atoms with Crippen molar-refractivity contribution in [3.8, 4) is 0 Å². The van der Waals surface area contributed by atoms with E-state index in [0.29, 0.717) is 0 Å². The highest BCUT2D eigenvalue weighted by atomic mass is 15.4. The van der Waals surface area contributed by atoms with Gasteiger partial charge in [0.2, 0.25) is 5.95 Å². The molecule has 0 bridgehead atoms. The number of piperazine rings is 1. The molecule has 1 aliphatic heterocycles. The largest absolute Gasteiger partial charge is 0.361 e. The predicted molar refractivity (Wildman–Crippen MR) is 82.8 cm³/mol. The zero-order valence-electron chi connectivity index (χ0n) is 12.3. The quantitative estimate of drug-likeness (QED) is 0.821. The van der Waals surface area contributed by atoms with Crippen molar-refractivity contribution < 1.29 is 0 Å². The Labute approximate surface area is 124 Å². The Morgan fingerprint density at radius 3 is 2.14 bits per heavy atom. The van der Waals surface area contributed by atoms with E-state index in [1.165, 1.54) is 0 Å². The summed E-state index contributed by atoms with van der Waals surface area (Å²) in [6.07, 6.45) is 3.56. The van der Waals surface area contributed by atoms with Gasteiger partial charge in [0.05, 0.1) is 0 Å². The maximum atomic E-state index is 4.31. The smallest absolute Gasteiger partial charge is 0.225 e. The van der Waals surface area contributed by atoms with Gasteiger partial charge in [-0.05, 0) is 18.2 Å². The SMILES string of the molecule is CN(C)c1ccc(N2CCN(c3ncccn3)CC2)nn1. The Hall–Kier alpha value is -2.44. The van der Waals surface area contributed by atoms with Crippen molar-refractivity contribution >= 4 is 17.6 Å². The van der Waals surface area contributed by atoms with Crippen LogP contribution in [0.4, 0.5) is 17.6 Å². The maximum Gasteiger partial charge on any atom is 0.225 e. The van der Waals surface area contributed by atoms with Crippen LogP contribution in [0.3, 0.4) is 0 Å². The fourth-order valence-corrected chi connectivity index (χ4v) is 2.32. The molecule has 1 fully saturated rings. The molecule has 0 N–H and O–H groups in total. The van der Waals surface area contributed by atoms with Crippen LogP contribution in [0.1, 0.15) is 0 Å². The summed E-state index contributed by atoms with van der Waals surface area (Å²) in [5.41, 5.74) is 0. The monoisotopic (exact) mass is 285 g/mol. The first-order valence-corrected chi connectivity index (χ1v) is 7.02. The van der Waals surface area contributed by atoms with E-state index >= 15 is 0 Å². The Bertz CT molecular complexity index is 562. The molecule has 110 valence electrons. The van der Waals surface area contributed by atoms with Gasteiger partial charge in [0, 0.05) is 52.7 Å². The van der Waals surface area contributed by atoms with Crippen molar-refractivity contribution in [2.24, 2.45) is 0 Å². The third-order valence-electron chi connectivity index (χ3n) is 3.53. The third-order valence-corrected chi connectivity index (χ3v) is 3.53. The van der Waals surface area contributed by atoms with Gasteiger partial charge >= 0.3 is 0 Å². The fourth-order valence-electron chi connectivity index (χ4n) is 2.32. The number of rotatable bonds is 3. The number of hydrogen-bond donors (Lipinski definition) is 0. The van der Waals surface area contributed by atoms with E-state index in [-0.39, 0.29) is 0 Å². The van der Waals surface area contributed by atoms with Gasteiger partial charge in [0.25, 0.3) is 0 Å². The van der Waals surface area contributed by atoms with Crippen molar-refractivity contribution in [3.63, 3.8) is 0 Å². The van der Waals surface area contributed by atoms with Crippen molar-refractivity contribution in [2.75, 3.05) is 55.0 Å². The lowest BCUT2D eigenvalue weighted by molar-refractivity contribution is 0.631. The summed E-state index contributed by atoms with van der Waals surface area (Å²) in [5.74, 6) is 2.59. The van der Waals surface area contributed by atoms with E-state index in [1.807, 2.05) is 37.2 Å². The minimum Gasteiger partial charge on any atom is -0.361 e. The van der Waals surface area contributed by atoms with Gasteiger partial charge in [-0.15, -0.1) is 10.2 Å². The molecule has 1 aliphatic rings. The van der Waals surface area contributed by atoms with E-state index in [0.717, 1.165) is 43.8 Å². The van der Waals surface area contributed by atoms with Crippen molar-refractivity contribution in [1.29, 1.82) is 0 Å². The Balaban J connectivity index is 1.63. The zero-order chi connectivity index (χ0) is 14.7. The van der Waals surface area contributed by atoms with Gasteiger partial charge in [-0.2, -0.15) is 0 Å². The van der Waals surface area contributed by atoms with E-state index in [9.17, 15) is 0 Å². The molecule has 0 amide bonds. The minimum absolute atomic E-state index is 0.797. The van der Waals surface area contributed by atoms with Gasteiger partial charge < -0.3 is 14.7 Å². The lowest BCUT2D eigenvalue weighted by Gasteiger charge is -2.35. The van der Waals surface area contributed by atoms with E-state index in [1.54, 1.807) is 12.4 Å². The molecular weight excluding hydrogens is 266 g/mol. The number of aromatic nitrogens is 4. The lowest BCUT2D eigenvalue weighted by atomic mass is 10.3. The number of nitrogens with zero attached hydrogens (tertiary/aromatic N) is 7. The van der Waals surface area contributed by atoms with Crippen LogP contribution in [0.2, 0.25) is 0 Å². The van der Waals surface area contributed by atoms with Crippen molar-refractivity contribution in [3.05, 3.63) is 30.6 Å².